The number of hydrogen-bond donors (Lipinski definition) is 6. The number of amides is 2. The number of aromatic nitrogens is 2. The lowest BCUT2D eigenvalue weighted by atomic mass is 10.0. The molecule has 0 saturated heterocycles. The van der Waals surface area contributed by atoms with E-state index in [1.165, 1.54) is 12.5 Å². The Bertz CT molecular complexity index is 676. The van der Waals surface area contributed by atoms with Crippen LogP contribution in [0.4, 0.5) is 0 Å². The summed E-state index contributed by atoms with van der Waals surface area (Å²) in [6, 6.07) is -3.31. The second kappa shape index (κ2) is 11.0. The van der Waals surface area contributed by atoms with Crippen LogP contribution in [0.15, 0.2) is 12.5 Å². The van der Waals surface area contributed by atoms with E-state index in [0.29, 0.717) is 5.69 Å². The van der Waals surface area contributed by atoms with Crippen LogP contribution >= 0.6 is 0 Å². The van der Waals surface area contributed by atoms with E-state index in [1.54, 1.807) is 0 Å². The van der Waals surface area contributed by atoms with Crippen molar-refractivity contribution in [2.75, 3.05) is 0 Å². The van der Waals surface area contributed by atoms with Gasteiger partial charge in [0.1, 0.15) is 12.1 Å². The predicted molar refractivity (Wildman–Crippen MR) is 98.1 cm³/mol. The van der Waals surface area contributed by atoms with Gasteiger partial charge in [-0.15, -0.1) is 0 Å². The Labute approximate surface area is 162 Å². The summed E-state index contributed by atoms with van der Waals surface area (Å²) in [5, 5.41) is 22.9. The SMILES string of the molecule is CC(C)C[C@H](NC(=O)[C@H](Cc1cnc[nH]1)NC(=O)[C@@H](N)CCC(=O)O)C(=O)O. The number of aliphatic carboxylic acids is 2. The van der Waals surface area contributed by atoms with Gasteiger partial charge in [-0.05, 0) is 18.8 Å². The van der Waals surface area contributed by atoms with Crippen molar-refractivity contribution < 1.29 is 29.4 Å². The maximum absolute atomic E-state index is 12.6. The molecule has 0 aromatic carbocycles. The summed E-state index contributed by atoms with van der Waals surface area (Å²) >= 11 is 0. The van der Waals surface area contributed by atoms with Crippen LogP contribution in [0.25, 0.3) is 0 Å². The molecule has 0 fully saturated rings. The molecule has 1 heterocycles. The molecule has 0 aliphatic rings. The van der Waals surface area contributed by atoms with Crippen molar-refractivity contribution in [2.45, 2.75) is 57.7 Å². The van der Waals surface area contributed by atoms with Crippen LogP contribution < -0.4 is 16.4 Å². The van der Waals surface area contributed by atoms with Crippen molar-refractivity contribution in [3.63, 3.8) is 0 Å². The fraction of sp³-hybridized carbons (Fsp3) is 0.588. The quantitative estimate of drug-likeness (QED) is 0.265. The van der Waals surface area contributed by atoms with Crippen molar-refractivity contribution in [1.29, 1.82) is 0 Å². The Balaban J connectivity index is 2.85. The van der Waals surface area contributed by atoms with Crippen LogP contribution in [0.2, 0.25) is 0 Å². The van der Waals surface area contributed by atoms with E-state index in [-0.39, 0.29) is 31.6 Å². The standard InChI is InChI=1S/C17H27N5O6/c1-9(2)5-13(17(27)28)22-16(26)12(6-10-7-19-8-20-10)21-15(25)11(18)3-4-14(23)24/h7-9,11-13H,3-6,18H2,1-2H3,(H,19,20)(H,21,25)(H,22,26)(H,23,24)(H,27,28)/t11-,12-,13-/m0/s1. The lowest BCUT2D eigenvalue weighted by Gasteiger charge is -2.23. The van der Waals surface area contributed by atoms with E-state index in [0.717, 1.165) is 0 Å². The molecule has 28 heavy (non-hydrogen) atoms. The van der Waals surface area contributed by atoms with Crippen molar-refractivity contribution in [2.24, 2.45) is 11.7 Å². The van der Waals surface area contributed by atoms with Gasteiger partial charge in [0.15, 0.2) is 0 Å². The molecule has 3 atom stereocenters. The van der Waals surface area contributed by atoms with Gasteiger partial charge in [0.25, 0.3) is 0 Å². The predicted octanol–water partition coefficient (Wildman–Crippen LogP) is -0.755. The van der Waals surface area contributed by atoms with Crippen molar-refractivity contribution in [1.82, 2.24) is 20.6 Å². The zero-order chi connectivity index (χ0) is 21.3. The van der Waals surface area contributed by atoms with Crippen LogP contribution in [0, 0.1) is 5.92 Å². The zero-order valence-corrected chi connectivity index (χ0v) is 15.8. The number of carbonyl (C=O) groups is 4. The summed E-state index contributed by atoms with van der Waals surface area (Å²) in [4.78, 5) is 53.5. The Morgan fingerprint density at radius 2 is 1.79 bits per heavy atom. The minimum atomic E-state index is -1.17. The van der Waals surface area contributed by atoms with Gasteiger partial charge in [-0.3, -0.25) is 14.4 Å². The largest absolute Gasteiger partial charge is 0.481 e. The summed E-state index contributed by atoms with van der Waals surface area (Å²) in [5.41, 5.74) is 6.23. The number of carbonyl (C=O) groups excluding carboxylic acids is 2. The molecule has 1 rings (SSSR count). The number of carboxylic acid groups (broad SMARTS) is 2. The van der Waals surface area contributed by atoms with Gasteiger partial charge in [-0.1, -0.05) is 13.8 Å². The lowest BCUT2D eigenvalue weighted by molar-refractivity contribution is -0.142. The minimum absolute atomic E-state index is 0.0338. The summed E-state index contributed by atoms with van der Waals surface area (Å²) < 4.78 is 0. The monoisotopic (exact) mass is 397 g/mol. The van der Waals surface area contributed by atoms with Gasteiger partial charge in [-0.2, -0.15) is 0 Å². The first-order chi connectivity index (χ1) is 13.1. The Kier molecular flexibility index (Phi) is 9.09. The summed E-state index contributed by atoms with van der Waals surface area (Å²) in [6.07, 6.45) is 2.76. The van der Waals surface area contributed by atoms with E-state index in [4.69, 9.17) is 10.8 Å². The maximum Gasteiger partial charge on any atom is 0.326 e. The number of H-pyrrole nitrogens is 1. The molecule has 0 unspecified atom stereocenters. The van der Waals surface area contributed by atoms with Crippen LogP contribution in [0.5, 0.6) is 0 Å². The normalized spacial score (nSPS) is 14.1. The maximum atomic E-state index is 12.6. The molecule has 11 nitrogen and oxygen atoms in total. The zero-order valence-electron chi connectivity index (χ0n) is 15.8. The molecule has 1 aromatic rings. The number of hydrogen-bond acceptors (Lipinski definition) is 6. The molecule has 0 bridgehead atoms. The summed E-state index contributed by atoms with van der Waals surface area (Å²) in [5.74, 6) is -3.61. The van der Waals surface area contributed by atoms with Gasteiger partial charge in [0.2, 0.25) is 11.8 Å². The second-order valence-corrected chi connectivity index (χ2v) is 6.91. The number of rotatable bonds is 12. The lowest BCUT2D eigenvalue weighted by Crippen LogP contribution is -2.55. The van der Waals surface area contributed by atoms with E-state index >= 15 is 0 Å². The first-order valence-corrected chi connectivity index (χ1v) is 8.88. The molecule has 11 heteroatoms. The van der Waals surface area contributed by atoms with Crippen LogP contribution in [-0.4, -0.2) is 62.1 Å². The molecule has 0 radical (unpaired) electrons. The highest BCUT2D eigenvalue weighted by molar-refractivity contribution is 5.92. The number of nitrogens with zero attached hydrogens (tertiary/aromatic N) is 1. The van der Waals surface area contributed by atoms with Crippen molar-refractivity contribution in [3.05, 3.63) is 18.2 Å². The molecule has 7 N–H and O–H groups in total. The molecule has 0 spiro atoms. The van der Waals surface area contributed by atoms with Crippen LogP contribution in [0.3, 0.4) is 0 Å². The van der Waals surface area contributed by atoms with Gasteiger partial charge < -0.3 is 31.6 Å². The molecule has 0 aliphatic carbocycles. The van der Waals surface area contributed by atoms with E-state index < -0.39 is 41.9 Å². The van der Waals surface area contributed by atoms with Crippen LogP contribution in [-0.2, 0) is 25.6 Å². The molecule has 156 valence electrons. The molecule has 0 aliphatic heterocycles. The Morgan fingerprint density at radius 1 is 1.14 bits per heavy atom. The summed E-state index contributed by atoms with van der Waals surface area (Å²) in [7, 11) is 0. The molecular formula is C17H27N5O6. The van der Waals surface area contributed by atoms with E-state index in [2.05, 4.69) is 20.6 Å². The topological polar surface area (TPSA) is 187 Å². The van der Waals surface area contributed by atoms with E-state index in [1.807, 2.05) is 13.8 Å². The molecule has 1 aromatic heterocycles. The second-order valence-electron chi connectivity index (χ2n) is 6.91. The number of imidazole rings is 1. The van der Waals surface area contributed by atoms with Gasteiger partial charge in [0.05, 0.1) is 12.4 Å². The highest BCUT2D eigenvalue weighted by atomic mass is 16.4. The highest BCUT2D eigenvalue weighted by Gasteiger charge is 2.29. The molecule has 0 saturated carbocycles. The first kappa shape index (κ1) is 23.1. The third-order valence-corrected chi connectivity index (χ3v) is 3.94. The van der Waals surface area contributed by atoms with Crippen molar-refractivity contribution in [3.8, 4) is 0 Å². The average Bonchev–Trinajstić information content (AvgIpc) is 3.10. The third kappa shape index (κ3) is 8.16. The molecule has 2 amide bonds. The van der Waals surface area contributed by atoms with Gasteiger partial charge >= 0.3 is 11.9 Å². The Hall–Kier alpha value is -2.95. The highest BCUT2D eigenvalue weighted by Crippen LogP contribution is 2.07. The fourth-order valence-corrected chi connectivity index (χ4v) is 2.48. The minimum Gasteiger partial charge on any atom is -0.481 e. The number of nitrogens with two attached hydrogens (primary N) is 1. The molecular weight excluding hydrogens is 370 g/mol. The number of nitrogens with one attached hydrogen (secondary N) is 3. The average molecular weight is 397 g/mol. The first-order valence-electron chi connectivity index (χ1n) is 8.88. The fourth-order valence-electron chi connectivity index (χ4n) is 2.48. The number of aromatic amines is 1. The van der Waals surface area contributed by atoms with Crippen molar-refractivity contribution >= 4 is 23.8 Å². The third-order valence-electron chi connectivity index (χ3n) is 3.94. The van der Waals surface area contributed by atoms with Gasteiger partial charge in [0, 0.05) is 24.7 Å². The Morgan fingerprint density at radius 3 is 2.29 bits per heavy atom. The van der Waals surface area contributed by atoms with Gasteiger partial charge in [-0.25, -0.2) is 9.78 Å². The van der Waals surface area contributed by atoms with Crippen LogP contribution in [0.1, 0.15) is 38.8 Å². The number of carboxylic acids is 2. The smallest absolute Gasteiger partial charge is 0.326 e. The summed E-state index contributed by atoms with van der Waals surface area (Å²) in [6.45, 7) is 3.65. The van der Waals surface area contributed by atoms with E-state index in [9.17, 15) is 24.3 Å².